The van der Waals surface area contributed by atoms with E-state index in [9.17, 15) is 14.7 Å². The normalized spacial score (nSPS) is 12.2. The Kier molecular flexibility index (Phi) is 10.5. The van der Waals surface area contributed by atoms with Crippen LogP contribution in [0.4, 0.5) is 0 Å². The van der Waals surface area contributed by atoms with Crippen molar-refractivity contribution >= 4 is 29.0 Å². The summed E-state index contributed by atoms with van der Waals surface area (Å²) in [4.78, 5) is 30.5. The van der Waals surface area contributed by atoms with E-state index < -0.39 is 17.9 Å². The lowest BCUT2D eigenvalue weighted by molar-refractivity contribution is -0.139. The number of carboxylic acids is 1. The summed E-state index contributed by atoms with van der Waals surface area (Å²) in [5, 5.41) is 12.3. The van der Waals surface area contributed by atoms with Crippen LogP contribution in [0.2, 0.25) is 0 Å². The summed E-state index contributed by atoms with van der Waals surface area (Å²) in [5.41, 5.74) is 8.12. The SMILES string of the molecule is C=C(CC(N)=NCCCC(NC(=O)c1ccc(C(c2ccccc2)c2ccccc2)s1)C(=O)O)OCC. The van der Waals surface area contributed by atoms with Crippen LogP contribution >= 0.6 is 11.3 Å². The first-order valence-electron chi connectivity index (χ1n) is 12.2. The van der Waals surface area contributed by atoms with E-state index in [1.165, 1.54) is 11.3 Å². The number of thiophene rings is 1. The summed E-state index contributed by atoms with van der Waals surface area (Å²) in [6.07, 6.45) is 1.03. The van der Waals surface area contributed by atoms with Gasteiger partial charge in [-0.1, -0.05) is 67.2 Å². The van der Waals surface area contributed by atoms with E-state index in [4.69, 9.17) is 10.5 Å². The van der Waals surface area contributed by atoms with Gasteiger partial charge >= 0.3 is 5.97 Å². The van der Waals surface area contributed by atoms with E-state index in [0.717, 1.165) is 16.0 Å². The number of aliphatic imine (C=N–C) groups is 1. The van der Waals surface area contributed by atoms with Crippen molar-refractivity contribution in [1.82, 2.24) is 5.32 Å². The minimum Gasteiger partial charge on any atom is -0.498 e. The molecule has 3 rings (SSSR count). The van der Waals surface area contributed by atoms with E-state index in [0.29, 0.717) is 42.5 Å². The van der Waals surface area contributed by atoms with Crippen LogP contribution < -0.4 is 11.1 Å². The predicted molar refractivity (Wildman–Crippen MR) is 148 cm³/mol. The highest BCUT2D eigenvalue weighted by atomic mass is 32.1. The van der Waals surface area contributed by atoms with Crippen LogP contribution in [-0.4, -0.2) is 42.0 Å². The maximum Gasteiger partial charge on any atom is 0.326 e. The van der Waals surface area contributed by atoms with Gasteiger partial charge in [-0.15, -0.1) is 11.3 Å². The third-order valence-corrected chi connectivity index (χ3v) is 6.85. The largest absolute Gasteiger partial charge is 0.498 e. The van der Waals surface area contributed by atoms with Crippen LogP contribution in [0.15, 0.2) is 90.1 Å². The molecule has 0 radical (unpaired) electrons. The van der Waals surface area contributed by atoms with Gasteiger partial charge in [0, 0.05) is 17.3 Å². The fraction of sp³-hybridized carbons (Fsp3) is 0.276. The number of nitrogens with zero attached hydrogens (tertiary/aromatic N) is 1. The third kappa shape index (κ3) is 8.32. The maximum atomic E-state index is 13.0. The van der Waals surface area contributed by atoms with Gasteiger partial charge in [-0.05, 0) is 43.0 Å². The Balaban J connectivity index is 1.64. The molecule has 0 aliphatic heterocycles. The molecule has 1 unspecified atom stereocenters. The van der Waals surface area contributed by atoms with Gasteiger partial charge in [0.25, 0.3) is 5.91 Å². The number of amides is 1. The minimum atomic E-state index is -1.08. The molecule has 2 aromatic carbocycles. The molecule has 0 saturated heterocycles. The van der Waals surface area contributed by atoms with Gasteiger partial charge in [-0.25, -0.2) is 4.79 Å². The standard InChI is InChI=1S/C29H33N3O4S/c1-3-36-20(2)19-26(30)31-18-10-15-23(29(34)35)32-28(33)25-17-16-24(37-25)27(21-11-6-4-7-12-21)22-13-8-5-9-14-22/h4-9,11-14,16-17,23,27H,2-3,10,15,18-19H2,1H3,(H2,30,31)(H,32,33)(H,34,35). The Morgan fingerprint density at radius 2 is 1.68 bits per heavy atom. The Labute approximate surface area is 221 Å². The molecular weight excluding hydrogens is 486 g/mol. The van der Waals surface area contributed by atoms with Gasteiger partial charge in [0.05, 0.1) is 23.7 Å². The van der Waals surface area contributed by atoms with Crippen LogP contribution in [0.1, 0.15) is 57.8 Å². The second kappa shape index (κ2) is 14.0. The highest BCUT2D eigenvalue weighted by Crippen LogP contribution is 2.36. The monoisotopic (exact) mass is 519 g/mol. The molecule has 0 saturated carbocycles. The van der Waals surface area contributed by atoms with Crippen LogP contribution in [0.3, 0.4) is 0 Å². The number of nitrogens with two attached hydrogens (primary N) is 1. The molecule has 1 atom stereocenters. The molecule has 0 bridgehead atoms. The molecular formula is C29H33N3O4S. The lowest BCUT2D eigenvalue weighted by Gasteiger charge is -2.17. The van der Waals surface area contributed by atoms with E-state index >= 15 is 0 Å². The molecule has 4 N–H and O–H groups in total. The second-order valence-electron chi connectivity index (χ2n) is 8.48. The number of carbonyl (C=O) groups excluding carboxylic acids is 1. The summed E-state index contributed by atoms with van der Waals surface area (Å²) < 4.78 is 5.26. The van der Waals surface area contributed by atoms with Gasteiger partial charge in [-0.2, -0.15) is 0 Å². The van der Waals surface area contributed by atoms with E-state index in [1.54, 1.807) is 6.07 Å². The number of hydrogen-bond donors (Lipinski definition) is 3. The average Bonchev–Trinajstić information content (AvgIpc) is 3.37. The lowest BCUT2D eigenvalue weighted by atomic mass is 9.90. The zero-order valence-electron chi connectivity index (χ0n) is 20.9. The van der Waals surface area contributed by atoms with Crippen molar-refractivity contribution in [3.63, 3.8) is 0 Å². The van der Waals surface area contributed by atoms with E-state index in [2.05, 4.69) is 41.2 Å². The quantitative estimate of drug-likeness (QED) is 0.117. The predicted octanol–water partition coefficient (Wildman–Crippen LogP) is 5.19. The maximum absolute atomic E-state index is 13.0. The first kappa shape index (κ1) is 27.7. The van der Waals surface area contributed by atoms with Crippen LogP contribution in [-0.2, 0) is 9.53 Å². The highest BCUT2D eigenvalue weighted by Gasteiger charge is 2.23. The molecule has 0 fully saturated rings. The lowest BCUT2D eigenvalue weighted by Crippen LogP contribution is -2.40. The molecule has 0 aliphatic rings. The topological polar surface area (TPSA) is 114 Å². The fourth-order valence-electron chi connectivity index (χ4n) is 3.96. The highest BCUT2D eigenvalue weighted by molar-refractivity contribution is 7.14. The second-order valence-corrected chi connectivity index (χ2v) is 9.60. The molecule has 0 aliphatic carbocycles. The fourth-order valence-corrected chi connectivity index (χ4v) is 5.03. The Morgan fingerprint density at radius 1 is 1.05 bits per heavy atom. The van der Waals surface area contributed by atoms with E-state index in [-0.39, 0.29) is 12.3 Å². The average molecular weight is 520 g/mol. The van der Waals surface area contributed by atoms with Gasteiger partial charge < -0.3 is 20.9 Å². The Morgan fingerprint density at radius 3 is 2.24 bits per heavy atom. The van der Waals surface area contributed by atoms with Gasteiger partial charge in [-0.3, -0.25) is 9.79 Å². The number of carboxylic acid groups (broad SMARTS) is 1. The van der Waals surface area contributed by atoms with Crippen LogP contribution in [0.25, 0.3) is 0 Å². The molecule has 7 nitrogen and oxygen atoms in total. The molecule has 37 heavy (non-hydrogen) atoms. The third-order valence-electron chi connectivity index (χ3n) is 5.70. The van der Waals surface area contributed by atoms with Crippen molar-refractivity contribution in [3.8, 4) is 0 Å². The number of aliphatic carboxylic acids is 1. The van der Waals surface area contributed by atoms with Gasteiger partial charge in [0.1, 0.15) is 11.9 Å². The van der Waals surface area contributed by atoms with Crippen LogP contribution in [0.5, 0.6) is 0 Å². The summed E-state index contributed by atoms with van der Waals surface area (Å²) >= 11 is 1.37. The van der Waals surface area contributed by atoms with E-state index in [1.807, 2.05) is 49.4 Å². The van der Waals surface area contributed by atoms with Crippen molar-refractivity contribution in [2.75, 3.05) is 13.2 Å². The summed E-state index contributed by atoms with van der Waals surface area (Å²) in [6.45, 7) is 6.49. The molecule has 1 amide bonds. The number of ether oxygens (including phenoxy) is 1. The van der Waals surface area contributed by atoms with Crippen molar-refractivity contribution in [2.45, 2.75) is 38.1 Å². The molecule has 1 aromatic heterocycles. The molecule has 194 valence electrons. The van der Waals surface area contributed by atoms with Crippen molar-refractivity contribution < 1.29 is 19.4 Å². The van der Waals surface area contributed by atoms with Gasteiger partial charge in [0.2, 0.25) is 0 Å². The smallest absolute Gasteiger partial charge is 0.326 e. The zero-order valence-corrected chi connectivity index (χ0v) is 21.7. The van der Waals surface area contributed by atoms with Crippen molar-refractivity contribution in [3.05, 3.63) is 106 Å². The molecule has 0 spiro atoms. The Hall–Kier alpha value is -3.91. The van der Waals surface area contributed by atoms with Gasteiger partial charge in [0.15, 0.2) is 0 Å². The first-order chi connectivity index (χ1) is 17.9. The zero-order chi connectivity index (χ0) is 26.6. The van der Waals surface area contributed by atoms with Crippen molar-refractivity contribution in [2.24, 2.45) is 10.7 Å². The first-order valence-corrected chi connectivity index (χ1v) is 13.0. The number of hydrogen-bond acceptors (Lipinski definition) is 5. The summed E-state index contributed by atoms with van der Waals surface area (Å²) in [5.74, 6) is -0.590. The summed E-state index contributed by atoms with van der Waals surface area (Å²) in [6, 6.07) is 22.9. The minimum absolute atomic E-state index is 0.0219. The number of carbonyl (C=O) groups is 2. The number of benzene rings is 2. The number of amidine groups is 1. The van der Waals surface area contributed by atoms with Crippen LogP contribution in [0, 0.1) is 0 Å². The number of nitrogens with one attached hydrogen (secondary N) is 1. The Bertz CT molecular complexity index is 1170. The molecule has 8 heteroatoms. The molecule has 1 heterocycles. The summed E-state index contributed by atoms with van der Waals surface area (Å²) in [7, 11) is 0. The van der Waals surface area contributed by atoms with Crippen molar-refractivity contribution in [1.29, 1.82) is 0 Å². The number of rotatable bonds is 14. The molecule has 3 aromatic rings.